The van der Waals surface area contributed by atoms with Crippen LogP contribution in [0.2, 0.25) is 0 Å². The highest BCUT2D eigenvalue weighted by atomic mass is 16.4. The van der Waals surface area contributed by atoms with Crippen molar-refractivity contribution in [3.05, 3.63) is 34.9 Å². The number of aliphatic carboxylic acids is 1. The molecule has 1 aromatic heterocycles. The minimum atomic E-state index is -1.10. The van der Waals surface area contributed by atoms with Crippen LogP contribution in [0.4, 0.5) is 0 Å². The number of aromatic nitrogens is 2. The highest BCUT2D eigenvalue weighted by Crippen LogP contribution is 2.04. The van der Waals surface area contributed by atoms with Crippen molar-refractivity contribution >= 4 is 11.9 Å². The second-order valence-electron chi connectivity index (χ2n) is 3.89. The van der Waals surface area contributed by atoms with Crippen LogP contribution >= 0.6 is 0 Å². The van der Waals surface area contributed by atoms with E-state index in [1.165, 1.54) is 13.8 Å². The Bertz CT molecular complexity index is 492. The van der Waals surface area contributed by atoms with Gasteiger partial charge >= 0.3 is 5.97 Å². The zero-order chi connectivity index (χ0) is 13.7. The fraction of sp³-hybridized carbons (Fsp3) is 0.333. The highest BCUT2D eigenvalue weighted by Gasteiger charge is 2.12. The predicted molar refractivity (Wildman–Crippen MR) is 64.6 cm³/mol. The van der Waals surface area contributed by atoms with E-state index in [0.717, 1.165) is 5.69 Å². The van der Waals surface area contributed by atoms with Crippen molar-refractivity contribution in [2.75, 3.05) is 0 Å². The summed E-state index contributed by atoms with van der Waals surface area (Å²) in [6.07, 6.45) is 3.17. The second-order valence-corrected chi connectivity index (χ2v) is 3.89. The maximum atomic E-state index is 11.6. The lowest BCUT2D eigenvalue weighted by atomic mass is 10.1. The molecule has 1 heterocycles. The van der Waals surface area contributed by atoms with Gasteiger partial charge in [-0.3, -0.25) is 14.8 Å². The monoisotopic (exact) mass is 249 g/mol. The Hall–Kier alpha value is -2.24. The molecule has 0 aromatic carbocycles. The van der Waals surface area contributed by atoms with Crippen molar-refractivity contribution in [2.24, 2.45) is 0 Å². The number of carbonyl (C=O) groups is 2. The standard InChI is InChI=1S/C12H15N3O3/c1-7-4-14-10(5-13-7)6-15-11(16)8(2)9(3)12(17)18/h4-5H,6H2,1-3H3,(H,15,16)(H,17,18). The topological polar surface area (TPSA) is 92.2 Å². The summed E-state index contributed by atoms with van der Waals surface area (Å²) in [5.74, 6) is -1.52. The number of carbonyl (C=O) groups excluding carboxylic acids is 1. The Labute approximate surface area is 105 Å². The molecule has 2 N–H and O–H groups in total. The van der Waals surface area contributed by atoms with Gasteiger partial charge in [0.1, 0.15) is 0 Å². The molecule has 0 aliphatic carbocycles. The van der Waals surface area contributed by atoms with Gasteiger partial charge in [0.05, 0.1) is 24.1 Å². The van der Waals surface area contributed by atoms with E-state index in [2.05, 4.69) is 15.3 Å². The van der Waals surface area contributed by atoms with Crippen molar-refractivity contribution in [1.82, 2.24) is 15.3 Å². The Balaban J connectivity index is 2.64. The zero-order valence-corrected chi connectivity index (χ0v) is 10.5. The molecular formula is C12H15N3O3. The van der Waals surface area contributed by atoms with Gasteiger partial charge in [0.25, 0.3) is 0 Å². The normalized spacial score (nSPS) is 11.7. The van der Waals surface area contributed by atoms with E-state index in [1.54, 1.807) is 12.4 Å². The number of amides is 1. The first-order chi connectivity index (χ1) is 8.41. The Morgan fingerprint density at radius 2 is 1.89 bits per heavy atom. The molecule has 0 atom stereocenters. The van der Waals surface area contributed by atoms with E-state index in [1.807, 2.05) is 6.92 Å². The van der Waals surface area contributed by atoms with Gasteiger partial charge < -0.3 is 10.4 Å². The summed E-state index contributed by atoms with van der Waals surface area (Å²) in [7, 11) is 0. The predicted octanol–water partition coefficient (Wildman–Crippen LogP) is 0.822. The molecule has 0 saturated carbocycles. The number of hydrogen-bond donors (Lipinski definition) is 2. The number of rotatable bonds is 4. The number of carboxylic acid groups (broad SMARTS) is 1. The molecule has 0 fully saturated rings. The van der Waals surface area contributed by atoms with Crippen LogP contribution in [0, 0.1) is 6.92 Å². The summed E-state index contributed by atoms with van der Waals surface area (Å²) in [5.41, 5.74) is 1.63. The maximum absolute atomic E-state index is 11.6. The second kappa shape index (κ2) is 5.90. The molecule has 1 rings (SSSR count). The number of aryl methyl sites for hydroxylation is 1. The van der Waals surface area contributed by atoms with Crippen LogP contribution in [0.25, 0.3) is 0 Å². The Morgan fingerprint density at radius 3 is 2.39 bits per heavy atom. The number of hydrogen-bond acceptors (Lipinski definition) is 4. The zero-order valence-electron chi connectivity index (χ0n) is 10.5. The van der Waals surface area contributed by atoms with Crippen LogP contribution in [0.5, 0.6) is 0 Å². The molecule has 0 aliphatic rings. The van der Waals surface area contributed by atoms with Crippen LogP contribution in [0.3, 0.4) is 0 Å². The minimum absolute atomic E-state index is 0.0301. The fourth-order valence-corrected chi connectivity index (χ4v) is 1.14. The molecular weight excluding hydrogens is 234 g/mol. The SMILES string of the molecule is CC(C(=O)O)=C(C)C(=O)NCc1cnc(C)cn1. The number of nitrogens with zero attached hydrogens (tertiary/aromatic N) is 2. The summed E-state index contributed by atoms with van der Waals surface area (Å²) < 4.78 is 0. The van der Waals surface area contributed by atoms with E-state index in [4.69, 9.17) is 5.11 Å². The molecule has 0 radical (unpaired) electrons. The van der Waals surface area contributed by atoms with Gasteiger partial charge in [-0.15, -0.1) is 0 Å². The summed E-state index contributed by atoms with van der Waals surface area (Å²) in [6, 6.07) is 0. The van der Waals surface area contributed by atoms with Crippen molar-refractivity contribution in [3.63, 3.8) is 0 Å². The van der Waals surface area contributed by atoms with Crippen molar-refractivity contribution in [1.29, 1.82) is 0 Å². The van der Waals surface area contributed by atoms with Crippen molar-refractivity contribution in [2.45, 2.75) is 27.3 Å². The summed E-state index contributed by atoms with van der Waals surface area (Å²) in [5, 5.41) is 11.3. The smallest absolute Gasteiger partial charge is 0.331 e. The first-order valence-corrected chi connectivity index (χ1v) is 5.38. The van der Waals surface area contributed by atoms with Crippen LogP contribution in [-0.2, 0) is 16.1 Å². The lowest BCUT2D eigenvalue weighted by molar-refractivity contribution is -0.133. The molecule has 0 bridgehead atoms. The fourth-order valence-electron chi connectivity index (χ4n) is 1.14. The van der Waals surface area contributed by atoms with Gasteiger partial charge in [0.2, 0.25) is 5.91 Å². The molecule has 18 heavy (non-hydrogen) atoms. The van der Waals surface area contributed by atoms with Crippen LogP contribution in [0.15, 0.2) is 23.5 Å². The van der Waals surface area contributed by atoms with Gasteiger partial charge in [-0.1, -0.05) is 0 Å². The average molecular weight is 249 g/mol. The molecule has 6 heteroatoms. The van der Waals surface area contributed by atoms with E-state index < -0.39 is 11.9 Å². The van der Waals surface area contributed by atoms with Crippen LogP contribution in [-0.4, -0.2) is 27.0 Å². The van der Waals surface area contributed by atoms with E-state index >= 15 is 0 Å². The van der Waals surface area contributed by atoms with Crippen LogP contribution in [0.1, 0.15) is 25.2 Å². The molecule has 6 nitrogen and oxygen atoms in total. The summed E-state index contributed by atoms with van der Waals surface area (Å²) in [6.45, 7) is 4.90. The molecule has 1 amide bonds. The van der Waals surface area contributed by atoms with Gasteiger partial charge in [-0.25, -0.2) is 4.79 Å². The van der Waals surface area contributed by atoms with Crippen molar-refractivity contribution < 1.29 is 14.7 Å². The molecule has 0 saturated heterocycles. The lowest BCUT2D eigenvalue weighted by Crippen LogP contribution is -2.25. The first kappa shape index (κ1) is 13.8. The van der Waals surface area contributed by atoms with Crippen LogP contribution < -0.4 is 5.32 Å². The molecule has 1 aromatic rings. The molecule has 0 spiro atoms. The summed E-state index contributed by atoms with van der Waals surface area (Å²) in [4.78, 5) is 30.5. The van der Waals surface area contributed by atoms with E-state index in [0.29, 0.717) is 5.69 Å². The molecule has 0 unspecified atom stereocenters. The minimum Gasteiger partial charge on any atom is -0.478 e. The molecule has 0 aliphatic heterocycles. The third kappa shape index (κ3) is 3.65. The Morgan fingerprint density at radius 1 is 1.22 bits per heavy atom. The van der Waals surface area contributed by atoms with E-state index in [-0.39, 0.29) is 17.7 Å². The molecule has 96 valence electrons. The average Bonchev–Trinajstić information content (AvgIpc) is 2.35. The summed E-state index contributed by atoms with van der Waals surface area (Å²) >= 11 is 0. The van der Waals surface area contributed by atoms with Crippen molar-refractivity contribution in [3.8, 4) is 0 Å². The lowest BCUT2D eigenvalue weighted by Gasteiger charge is -2.06. The quantitative estimate of drug-likeness (QED) is 0.771. The Kier molecular flexibility index (Phi) is 4.53. The third-order valence-electron chi connectivity index (χ3n) is 2.49. The highest BCUT2D eigenvalue weighted by molar-refractivity contribution is 6.01. The van der Waals surface area contributed by atoms with Gasteiger partial charge in [-0.2, -0.15) is 0 Å². The largest absolute Gasteiger partial charge is 0.478 e. The number of carboxylic acids is 1. The van der Waals surface area contributed by atoms with Gasteiger partial charge in [0, 0.05) is 17.3 Å². The number of nitrogens with one attached hydrogen (secondary N) is 1. The van der Waals surface area contributed by atoms with E-state index in [9.17, 15) is 9.59 Å². The maximum Gasteiger partial charge on any atom is 0.331 e. The first-order valence-electron chi connectivity index (χ1n) is 5.38. The van der Waals surface area contributed by atoms with Gasteiger partial charge in [0.15, 0.2) is 0 Å². The third-order valence-corrected chi connectivity index (χ3v) is 2.49. The van der Waals surface area contributed by atoms with Gasteiger partial charge in [-0.05, 0) is 20.8 Å².